The Morgan fingerprint density at radius 1 is 1.15 bits per heavy atom. The first-order valence-corrected chi connectivity index (χ1v) is 9.23. The van der Waals surface area contributed by atoms with Gasteiger partial charge in [0.25, 0.3) is 6.43 Å². The molecule has 7 heteroatoms. The van der Waals surface area contributed by atoms with E-state index in [2.05, 4.69) is 9.97 Å². The molecule has 136 valence electrons. The molecule has 3 rings (SSSR count). The van der Waals surface area contributed by atoms with Crippen molar-refractivity contribution in [2.24, 2.45) is 0 Å². The number of ether oxygens (including phenoxy) is 1. The normalized spacial score (nSPS) is 11.2. The zero-order valence-corrected chi connectivity index (χ0v) is 15.6. The Kier molecular flexibility index (Phi) is 5.56. The maximum absolute atomic E-state index is 13.2. The van der Waals surface area contributed by atoms with Crippen molar-refractivity contribution in [1.29, 1.82) is 0 Å². The van der Waals surface area contributed by atoms with Crippen LogP contribution < -0.4 is 9.64 Å². The average molecular weight is 375 g/mol. The van der Waals surface area contributed by atoms with Gasteiger partial charge in [-0.1, -0.05) is 18.2 Å². The topological polar surface area (TPSA) is 38.2 Å². The molecule has 0 bridgehead atoms. The third kappa shape index (κ3) is 3.72. The number of alkyl halides is 2. The summed E-state index contributed by atoms with van der Waals surface area (Å²) < 4.78 is 31.8. The molecule has 2 aromatic carbocycles. The third-order valence-corrected chi connectivity index (χ3v) is 4.80. The van der Waals surface area contributed by atoms with Crippen molar-refractivity contribution < 1.29 is 13.5 Å². The summed E-state index contributed by atoms with van der Waals surface area (Å²) in [4.78, 5) is 11.0. The highest BCUT2D eigenvalue weighted by molar-refractivity contribution is 7.98. The van der Waals surface area contributed by atoms with Gasteiger partial charge >= 0.3 is 0 Å². The van der Waals surface area contributed by atoms with Crippen molar-refractivity contribution >= 4 is 28.5 Å². The summed E-state index contributed by atoms with van der Waals surface area (Å²) in [7, 11) is 3.47. The molecule has 0 atom stereocenters. The van der Waals surface area contributed by atoms with Gasteiger partial charge in [-0.3, -0.25) is 0 Å². The predicted molar refractivity (Wildman–Crippen MR) is 101 cm³/mol. The van der Waals surface area contributed by atoms with Crippen molar-refractivity contribution in [3.05, 3.63) is 53.9 Å². The van der Waals surface area contributed by atoms with Gasteiger partial charge in [-0.15, -0.1) is 11.8 Å². The number of halogens is 2. The standard InChI is InChI=1S/C19H19F2N3OS/c1-24(11-12-8-9-16(26-3)15(10-12)25-2)19-13-6-4-5-7-14(13)22-18(23-19)17(20)21/h4-10,17H,11H2,1-3H3. The number of para-hydroxylation sites is 1. The van der Waals surface area contributed by atoms with E-state index in [4.69, 9.17) is 4.74 Å². The molecule has 0 aliphatic heterocycles. The highest BCUT2D eigenvalue weighted by Gasteiger charge is 2.17. The van der Waals surface area contributed by atoms with Crippen LogP contribution in [-0.4, -0.2) is 30.4 Å². The number of thioether (sulfide) groups is 1. The Labute approximate surface area is 155 Å². The molecular formula is C19H19F2N3OS. The molecule has 0 amide bonds. The van der Waals surface area contributed by atoms with Gasteiger partial charge in [0.2, 0.25) is 0 Å². The van der Waals surface area contributed by atoms with Crippen molar-refractivity contribution in [3.63, 3.8) is 0 Å². The van der Waals surface area contributed by atoms with E-state index >= 15 is 0 Å². The van der Waals surface area contributed by atoms with Crippen LogP contribution in [0.15, 0.2) is 47.4 Å². The largest absolute Gasteiger partial charge is 0.496 e. The van der Waals surface area contributed by atoms with E-state index in [1.54, 1.807) is 31.0 Å². The first kappa shape index (κ1) is 18.4. The van der Waals surface area contributed by atoms with Crippen LogP contribution in [-0.2, 0) is 6.54 Å². The smallest absolute Gasteiger partial charge is 0.297 e. The molecular weight excluding hydrogens is 356 g/mol. The van der Waals surface area contributed by atoms with Gasteiger partial charge in [0, 0.05) is 23.9 Å². The zero-order chi connectivity index (χ0) is 18.7. The van der Waals surface area contributed by atoms with Gasteiger partial charge < -0.3 is 9.64 Å². The lowest BCUT2D eigenvalue weighted by molar-refractivity contribution is 0.141. The van der Waals surface area contributed by atoms with Crippen molar-refractivity contribution in [1.82, 2.24) is 9.97 Å². The molecule has 0 spiro atoms. The van der Waals surface area contributed by atoms with Gasteiger partial charge in [0.05, 0.1) is 12.6 Å². The number of nitrogens with zero attached hydrogens (tertiary/aromatic N) is 3. The fourth-order valence-corrected chi connectivity index (χ4v) is 3.34. The van der Waals surface area contributed by atoms with Crippen LogP contribution in [0.4, 0.5) is 14.6 Å². The lowest BCUT2D eigenvalue weighted by Gasteiger charge is -2.21. The Bertz CT molecular complexity index is 920. The van der Waals surface area contributed by atoms with Crippen LogP contribution in [0.1, 0.15) is 17.8 Å². The summed E-state index contributed by atoms with van der Waals surface area (Å²) in [5.41, 5.74) is 1.51. The van der Waals surface area contributed by atoms with Crippen LogP contribution in [0.25, 0.3) is 10.9 Å². The monoisotopic (exact) mass is 375 g/mol. The minimum absolute atomic E-state index is 0.458. The molecule has 1 heterocycles. The number of rotatable bonds is 6. The highest BCUT2D eigenvalue weighted by atomic mass is 32.2. The molecule has 3 aromatic rings. The molecule has 0 saturated heterocycles. The van der Waals surface area contributed by atoms with Crippen molar-refractivity contribution in [2.45, 2.75) is 17.9 Å². The summed E-state index contributed by atoms with van der Waals surface area (Å²) in [6.45, 7) is 0.509. The molecule has 1 aromatic heterocycles. The Balaban J connectivity index is 1.98. The molecule has 0 unspecified atom stereocenters. The molecule has 26 heavy (non-hydrogen) atoms. The lowest BCUT2D eigenvalue weighted by atomic mass is 10.2. The summed E-state index contributed by atoms with van der Waals surface area (Å²) >= 11 is 1.61. The molecule has 0 saturated carbocycles. The number of hydrogen-bond acceptors (Lipinski definition) is 5. The quantitative estimate of drug-likeness (QED) is 0.571. The van der Waals surface area contributed by atoms with E-state index in [0.29, 0.717) is 17.9 Å². The maximum Gasteiger partial charge on any atom is 0.297 e. The van der Waals surface area contributed by atoms with Crippen LogP contribution in [0.2, 0.25) is 0 Å². The summed E-state index contributed by atoms with van der Waals surface area (Å²) in [6.07, 6.45) is -0.726. The van der Waals surface area contributed by atoms with Gasteiger partial charge in [-0.25, -0.2) is 18.7 Å². The molecule has 0 fully saturated rings. The molecule has 0 radical (unpaired) electrons. The van der Waals surface area contributed by atoms with E-state index in [9.17, 15) is 8.78 Å². The number of hydrogen-bond donors (Lipinski definition) is 0. The molecule has 0 aliphatic rings. The van der Waals surface area contributed by atoms with Crippen LogP contribution in [0, 0.1) is 0 Å². The average Bonchev–Trinajstić information content (AvgIpc) is 2.66. The van der Waals surface area contributed by atoms with Crippen LogP contribution >= 0.6 is 11.8 Å². The van der Waals surface area contributed by atoms with Crippen LogP contribution in [0.5, 0.6) is 5.75 Å². The summed E-state index contributed by atoms with van der Waals surface area (Å²) in [6, 6.07) is 13.1. The Morgan fingerprint density at radius 3 is 2.62 bits per heavy atom. The highest BCUT2D eigenvalue weighted by Crippen LogP contribution is 2.31. The molecule has 4 nitrogen and oxygen atoms in total. The number of fused-ring (bicyclic) bond motifs is 1. The number of methoxy groups -OCH3 is 1. The summed E-state index contributed by atoms with van der Waals surface area (Å²) in [5.74, 6) is 0.823. The predicted octanol–water partition coefficient (Wildman–Crippen LogP) is 4.93. The number of benzene rings is 2. The van der Waals surface area contributed by atoms with E-state index in [1.165, 1.54) is 0 Å². The van der Waals surface area contributed by atoms with Gasteiger partial charge in [-0.05, 0) is 36.1 Å². The molecule has 0 aliphatic carbocycles. The van der Waals surface area contributed by atoms with Gasteiger partial charge in [0.15, 0.2) is 5.82 Å². The summed E-state index contributed by atoms with van der Waals surface area (Å²) in [5, 5.41) is 0.743. The Hall–Kier alpha value is -2.41. The number of aromatic nitrogens is 2. The molecule has 0 N–H and O–H groups in total. The fraction of sp³-hybridized carbons (Fsp3) is 0.263. The fourth-order valence-electron chi connectivity index (χ4n) is 2.79. The zero-order valence-electron chi connectivity index (χ0n) is 14.7. The van der Waals surface area contributed by atoms with Crippen LogP contribution in [0.3, 0.4) is 0 Å². The van der Waals surface area contributed by atoms with E-state index in [1.807, 2.05) is 48.5 Å². The van der Waals surface area contributed by atoms with E-state index in [-0.39, 0.29) is 0 Å². The second-order valence-corrected chi connectivity index (χ2v) is 6.62. The van der Waals surface area contributed by atoms with Crippen molar-refractivity contribution in [2.75, 3.05) is 25.3 Å². The number of anilines is 1. The van der Waals surface area contributed by atoms with E-state index in [0.717, 1.165) is 21.6 Å². The minimum atomic E-state index is -2.72. The van der Waals surface area contributed by atoms with Gasteiger partial charge in [-0.2, -0.15) is 0 Å². The Morgan fingerprint density at radius 2 is 1.92 bits per heavy atom. The first-order chi connectivity index (χ1) is 12.5. The van der Waals surface area contributed by atoms with Gasteiger partial charge in [0.1, 0.15) is 11.6 Å². The second kappa shape index (κ2) is 7.86. The van der Waals surface area contributed by atoms with E-state index < -0.39 is 12.2 Å². The SMILES string of the molecule is COc1cc(CN(C)c2nc(C(F)F)nc3ccccc23)ccc1SC. The second-order valence-electron chi connectivity index (χ2n) is 5.77. The third-order valence-electron chi connectivity index (χ3n) is 4.02. The minimum Gasteiger partial charge on any atom is -0.496 e. The maximum atomic E-state index is 13.2. The lowest BCUT2D eigenvalue weighted by Crippen LogP contribution is -2.19. The van der Waals surface area contributed by atoms with Crippen molar-refractivity contribution in [3.8, 4) is 5.75 Å². The first-order valence-electron chi connectivity index (χ1n) is 8.00.